The van der Waals surface area contributed by atoms with Gasteiger partial charge in [-0.3, -0.25) is 9.59 Å². The molecule has 39 heavy (non-hydrogen) atoms. The Morgan fingerprint density at radius 3 is 2.36 bits per heavy atom. The zero-order chi connectivity index (χ0) is 28.9. The maximum Gasteiger partial charge on any atom is 0.407 e. The van der Waals surface area contributed by atoms with Crippen LogP contribution in [0, 0.1) is 26.2 Å². The van der Waals surface area contributed by atoms with Crippen LogP contribution in [-0.4, -0.2) is 42.2 Å². The second kappa shape index (κ2) is 13.0. The van der Waals surface area contributed by atoms with Gasteiger partial charge in [0.15, 0.2) is 0 Å². The number of aromatic nitrogens is 1. The van der Waals surface area contributed by atoms with E-state index in [0.29, 0.717) is 23.8 Å². The molecule has 8 nitrogen and oxygen atoms in total. The number of ether oxygens (including phenoxy) is 1. The van der Waals surface area contributed by atoms with E-state index in [2.05, 4.69) is 49.4 Å². The fourth-order valence-electron chi connectivity index (χ4n) is 5.21. The fourth-order valence-corrected chi connectivity index (χ4v) is 5.66. The van der Waals surface area contributed by atoms with Crippen molar-refractivity contribution in [3.05, 3.63) is 61.0 Å². The summed E-state index contributed by atoms with van der Waals surface area (Å²) in [6.45, 7) is 15.3. The Morgan fingerprint density at radius 2 is 1.77 bits per heavy atom. The van der Waals surface area contributed by atoms with Crippen LogP contribution in [0.4, 0.5) is 10.5 Å². The van der Waals surface area contributed by atoms with E-state index in [0.717, 1.165) is 59.2 Å². The van der Waals surface area contributed by atoms with Crippen LogP contribution in [0.25, 0.3) is 0 Å². The third-order valence-corrected chi connectivity index (χ3v) is 7.71. The van der Waals surface area contributed by atoms with E-state index in [1.54, 1.807) is 0 Å². The molecule has 0 radical (unpaired) electrons. The Kier molecular flexibility index (Phi) is 10.3. The molecule has 1 aromatic carbocycles. The predicted molar refractivity (Wildman–Crippen MR) is 160 cm³/mol. The number of pyridine rings is 1. The van der Waals surface area contributed by atoms with Gasteiger partial charge in [0.2, 0.25) is 0 Å². The molecule has 0 bridgehead atoms. The van der Waals surface area contributed by atoms with Crippen molar-refractivity contribution in [3.63, 3.8) is 0 Å². The first-order valence-corrected chi connectivity index (χ1v) is 14.6. The van der Waals surface area contributed by atoms with Crippen molar-refractivity contribution in [1.29, 1.82) is 0 Å². The van der Waals surface area contributed by atoms with Crippen molar-refractivity contribution in [3.8, 4) is 0 Å². The molecule has 0 aliphatic heterocycles. The van der Waals surface area contributed by atoms with Crippen molar-refractivity contribution in [1.82, 2.24) is 15.6 Å². The lowest BCUT2D eigenvalue weighted by atomic mass is 9.89. The molecule has 0 spiro atoms. The number of aryl methyl sites for hydroxylation is 2. The number of hydrogen-bond donors (Lipinski definition) is 3. The Bertz CT molecular complexity index is 1240. The van der Waals surface area contributed by atoms with E-state index in [-0.39, 0.29) is 35.6 Å². The van der Waals surface area contributed by atoms with E-state index < -0.39 is 0 Å². The minimum Gasteiger partial charge on any atom is -0.449 e. The van der Waals surface area contributed by atoms with Crippen LogP contribution >= 0.6 is 15.9 Å². The van der Waals surface area contributed by atoms with Gasteiger partial charge in [0.25, 0.3) is 11.5 Å². The maximum atomic E-state index is 13.3. The second-order valence-corrected chi connectivity index (χ2v) is 12.7. The molecule has 9 heteroatoms. The highest BCUT2D eigenvalue weighted by Gasteiger charge is 2.29. The minimum absolute atomic E-state index is 0.0641. The number of carbonyl (C=O) groups excluding carboxylic acids is 2. The van der Waals surface area contributed by atoms with Crippen molar-refractivity contribution in [2.45, 2.75) is 92.8 Å². The van der Waals surface area contributed by atoms with Crippen LogP contribution in [-0.2, 0) is 11.3 Å². The Hall–Kier alpha value is -2.81. The molecule has 3 N–H and O–H groups in total. The molecule has 3 rings (SSSR count). The summed E-state index contributed by atoms with van der Waals surface area (Å²) in [5.74, 6) is -0.216. The summed E-state index contributed by atoms with van der Waals surface area (Å²) in [6, 6.07) is 6.21. The molecule has 1 heterocycles. The summed E-state index contributed by atoms with van der Waals surface area (Å²) in [5.41, 5.74) is 4.47. The summed E-state index contributed by atoms with van der Waals surface area (Å²) in [7, 11) is 0. The Labute approximate surface area is 240 Å². The fraction of sp³-hybridized carbons (Fsp3) is 0.567. The van der Waals surface area contributed by atoms with Gasteiger partial charge in [-0.25, -0.2) is 4.79 Å². The SMILES string of the molecule is CCN(c1cc(Br)cc(C(=O)NCc2c(C)cc(C)[nH]c2=O)c1C)C1CCC(NC(=O)OCC(C)(C)C)CC1. The van der Waals surface area contributed by atoms with Gasteiger partial charge in [-0.15, -0.1) is 0 Å². The number of amides is 2. The number of H-pyrrole nitrogens is 1. The quantitative estimate of drug-likeness (QED) is 0.349. The van der Waals surface area contributed by atoms with Crippen molar-refractivity contribution < 1.29 is 14.3 Å². The first-order valence-electron chi connectivity index (χ1n) is 13.8. The first-order chi connectivity index (χ1) is 18.3. The second-order valence-electron chi connectivity index (χ2n) is 11.8. The number of alkyl carbamates (subject to hydrolysis) is 1. The van der Waals surface area contributed by atoms with Gasteiger partial charge < -0.3 is 25.3 Å². The lowest BCUT2D eigenvalue weighted by Gasteiger charge is -2.39. The minimum atomic E-state index is -0.345. The molecular formula is C30H43BrN4O4. The standard InChI is InChI=1S/C30H43BrN4O4/c1-8-35(23-11-9-22(10-12-23)34-29(38)39-17-30(5,6)7)26-15-21(31)14-24(20(26)4)27(36)32-16-25-18(2)13-19(3)33-28(25)37/h13-15,22-23H,8-12,16-17H2,1-7H3,(H,32,36)(H,33,37)(H,34,38). The Balaban J connectivity index is 1.68. The third-order valence-electron chi connectivity index (χ3n) is 7.26. The average molecular weight is 604 g/mol. The summed E-state index contributed by atoms with van der Waals surface area (Å²) >= 11 is 3.61. The molecule has 2 amide bonds. The predicted octanol–water partition coefficient (Wildman–Crippen LogP) is 5.90. The van der Waals surface area contributed by atoms with Crippen LogP contribution in [0.1, 0.15) is 86.1 Å². The summed E-state index contributed by atoms with van der Waals surface area (Å²) in [4.78, 5) is 43.0. The average Bonchev–Trinajstić information content (AvgIpc) is 2.85. The number of hydrogen-bond acceptors (Lipinski definition) is 5. The molecule has 214 valence electrons. The van der Waals surface area contributed by atoms with E-state index in [4.69, 9.17) is 4.74 Å². The van der Waals surface area contributed by atoms with Gasteiger partial charge >= 0.3 is 6.09 Å². The van der Waals surface area contributed by atoms with E-state index >= 15 is 0 Å². The largest absolute Gasteiger partial charge is 0.449 e. The molecular weight excluding hydrogens is 560 g/mol. The number of benzene rings is 1. The van der Waals surface area contributed by atoms with E-state index in [1.165, 1.54) is 0 Å². The Morgan fingerprint density at radius 1 is 1.10 bits per heavy atom. The van der Waals surface area contributed by atoms with Crippen LogP contribution < -0.4 is 21.1 Å². The summed E-state index contributed by atoms with van der Waals surface area (Å²) in [5, 5.41) is 5.97. The third kappa shape index (κ3) is 8.34. The van der Waals surface area contributed by atoms with Crippen LogP contribution in [0.15, 0.2) is 27.5 Å². The first kappa shape index (κ1) is 30.7. The normalized spacial score (nSPS) is 17.4. The van der Waals surface area contributed by atoms with E-state index in [1.807, 2.05) is 53.7 Å². The van der Waals surface area contributed by atoms with Gasteiger partial charge in [-0.05, 0) is 88.1 Å². The van der Waals surface area contributed by atoms with Gasteiger partial charge in [-0.1, -0.05) is 36.7 Å². The molecule has 0 atom stereocenters. The number of anilines is 1. The molecule has 1 aromatic heterocycles. The number of carbonyl (C=O) groups is 2. The smallest absolute Gasteiger partial charge is 0.407 e. The van der Waals surface area contributed by atoms with Gasteiger partial charge in [0, 0.05) is 52.2 Å². The number of rotatable bonds is 8. The van der Waals surface area contributed by atoms with Crippen molar-refractivity contribution >= 4 is 33.6 Å². The molecule has 1 aliphatic rings. The zero-order valence-electron chi connectivity index (χ0n) is 24.3. The topological polar surface area (TPSA) is 104 Å². The highest BCUT2D eigenvalue weighted by molar-refractivity contribution is 9.10. The van der Waals surface area contributed by atoms with Crippen molar-refractivity contribution in [2.24, 2.45) is 5.41 Å². The molecule has 0 unspecified atom stereocenters. The summed E-state index contributed by atoms with van der Waals surface area (Å²) in [6.07, 6.45) is 3.26. The van der Waals surface area contributed by atoms with Crippen LogP contribution in [0.2, 0.25) is 0 Å². The van der Waals surface area contributed by atoms with E-state index in [9.17, 15) is 14.4 Å². The number of halogens is 1. The monoisotopic (exact) mass is 602 g/mol. The molecule has 0 saturated heterocycles. The highest BCUT2D eigenvalue weighted by Crippen LogP contribution is 2.33. The number of nitrogens with one attached hydrogen (secondary N) is 3. The van der Waals surface area contributed by atoms with Gasteiger partial charge in [0.05, 0.1) is 6.61 Å². The highest BCUT2D eigenvalue weighted by atomic mass is 79.9. The lowest BCUT2D eigenvalue weighted by molar-refractivity contribution is 0.0949. The summed E-state index contributed by atoms with van der Waals surface area (Å²) < 4.78 is 6.21. The molecule has 1 saturated carbocycles. The number of nitrogens with zero attached hydrogens (tertiary/aromatic N) is 1. The van der Waals surface area contributed by atoms with Gasteiger partial charge in [-0.2, -0.15) is 0 Å². The lowest BCUT2D eigenvalue weighted by Crippen LogP contribution is -2.44. The zero-order valence-corrected chi connectivity index (χ0v) is 25.9. The maximum absolute atomic E-state index is 13.3. The van der Waals surface area contributed by atoms with Crippen molar-refractivity contribution in [2.75, 3.05) is 18.1 Å². The molecule has 1 fully saturated rings. The van der Waals surface area contributed by atoms with Crippen LogP contribution in [0.5, 0.6) is 0 Å². The van der Waals surface area contributed by atoms with Gasteiger partial charge in [0.1, 0.15) is 0 Å². The van der Waals surface area contributed by atoms with Crippen LogP contribution in [0.3, 0.4) is 0 Å². The number of aromatic amines is 1. The molecule has 2 aromatic rings. The molecule has 1 aliphatic carbocycles.